The van der Waals surface area contributed by atoms with E-state index < -0.39 is 0 Å². The molecule has 106 valence electrons. The minimum atomic E-state index is 0.577. The van der Waals surface area contributed by atoms with Crippen molar-refractivity contribution in [3.05, 3.63) is 40.3 Å². The highest BCUT2D eigenvalue weighted by molar-refractivity contribution is 7.71. The van der Waals surface area contributed by atoms with Crippen molar-refractivity contribution in [2.75, 3.05) is 11.9 Å². The van der Waals surface area contributed by atoms with E-state index in [0.717, 1.165) is 42.0 Å². The van der Waals surface area contributed by atoms with Crippen molar-refractivity contribution in [2.45, 2.75) is 13.0 Å². The smallest absolute Gasteiger partial charge is 0.203 e. The molecule has 1 aliphatic heterocycles. The van der Waals surface area contributed by atoms with Crippen LogP contribution < -0.4 is 5.32 Å². The molecule has 1 aliphatic rings. The molecule has 5 nitrogen and oxygen atoms in total. The SMILES string of the molecule is S=c1nc2c(cnn2-c2cccc(Cl)c2)c2n1CCCN2. The molecule has 7 heteroatoms. The highest BCUT2D eigenvalue weighted by Crippen LogP contribution is 2.27. The second-order valence-corrected chi connectivity index (χ2v) is 5.75. The van der Waals surface area contributed by atoms with Gasteiger partial charge < -0.3 is 9.88 Å². The quantitative estimate of drug-likeness (QED) is 0.699. The molecule has 0 aliphatic carbocycles. The molecule has 0 atom stereocenters. The fourth-order valence-corrected chi connectivity index (χ4v) is 3.10. The summed E-state index contributed by atoms with van der Waals surface area (Å²) in [6.07, 6.45) is 2.87. The first-order valence-corrected chi connectivity index (χ1v) is 7.51. The number of nitrogens with zero attached hydrogens (tertiary/aromatic N) is 4. The van der Waals surface area contributed by atoms with Crippen molar-refractivity contribution >= 4 is 40.7 Å². The van der Waals surface area contributed by atoms with E-state index in [9.17, 15) is 0 Å². The predicted molar refractivity (Wildman–Crippen MR) is 85.8 cm³/mol. The van der Waals surface area contributed by atoms with Gasteiger partial charge in [0.25, 0.3) is 0 Å². The molecule has 0 saturated heterocycles. The van der Waals surface area contributed by atoms with Crippen LogP contribution in [0.5, 0.6) is 0 Å². The molecule has 0 amide bonds. The molecule has 0 radical (unpaired) electrons. The molecule has 0 unspecified atom stereocenters. The number of fused-ring (bicyclic) bond motifs is 3. The maximum absolute atomic E-state index is 6.06. The maximum atomic E-state index is 6.06. The molecule has 21 heavy (non-hydrogen) atoms. The second-order valence-electron chi connectivity index (χ2n) is 4.95. The number of rotatable bonds is 1. The van der Waals surface area contributed by atoms with Gasteiger partial charge in [0.2, 0.25) is 4.77 Å². The van der Waals surface area contributed by atoms with Crippen LogP contribution in [0.2, 0.25) is 5.02 Å². The van der Waals surface area contributed by atoms with Gasteiger partial charge in [0, 0.05) is 18.1 Å². The Morgan fingerprint density at radius 1 is 1.33 bits per heavy atom. The summed E-state index contributed by atoms with van der Waals surface area (Å²) in [6.45, 7) is 1.84. The zero-order valence-corrected chi connectivity index (χ0v) is 12.7. The summed E-state index contributed by atoms with van der Waals surface area (Å²) >= 11 is 11.5. The molecule has 0 spiro atoms. The van der Waals surface area contributed by atoms with Gasteiger partial charge >= 0.3 is 0 Å². The summed E-state index contributed by atoms with van der Waals surface area (Å²) in [5.41, 5.74) is 1.63. The van der Waals surface area contributed by atoms with Crippen LogP contribution in [0.25, 0.3) is 16.7 Å². The average Bonchev–Trinajstić information content (AvgIpc) is 2.91. The molecule has 2 aromatic heterocycles. The number of hydrogen-bond donors (Lipinski definition) is 1. The van der Waals surface area contributed by atoms with E-state index in [1.54, 1.807) is 4.68 Å². The molecule has 1 N–H and O–H groups in total. The third kappa shape index (κ3) is 2.02. The van der Waals surface area contributed by atoms with Crippen molar-refractivity contribution in [2.24, 2.45) is 0 Å². The number of halogens is 1. The molecule has 4 rings (SSSR count). The maximum Gasteiger partial charge on any atom is 0.203 e. The fraction of sp³-hybridized carbons (Fsp3) is 0.214. The minimum Gasteiger partial charge on any atom is -0.371 e. The molecule has 1 aromatic carbocycles. The number of benzene rings is 1. The first-order chi connectivity index (χ1) is 10.2. The van der Waals surface area contributed by atoms with E-state index >= 15 is 0 Å². The first-order valence-electron chi connectivity index (χ1n) is 6.72. The Hall–Kier alpha value is -1.92. The molecule has 0 fully saturated rings. The second kappa shape index (κ2) is 4.82. The molecular formula is C14H12ClN5S. The number of hydrogen-bond acceptors (Lipinski definition) is 4. The van der Waals surface area contributed by atoms with Gasteiger partial charge in [-0.05, 0) is 36.8 Å². The largest absolute Gasteiger partial charge is 0.371 e. The van der Waals surface area contributed by atoms with Crippen LogP contribution in [0.15, 0.2) is 30.5 Å². The summed E-state index contributed by atoms with van der Waals surface area (Å²) in [4.78, 5) is 4.55. The monoisotopic (exact) mass is 317 g/mol. The van der Waals surface area contributed by atoms with Crippen LogP contribution in [0, 0.1) is 4.77 Å². The van der Waals surface area contributed by atoms with E-state index in [2.05, 4.69) is 15.4 Å². The molecule has 0 bridgehead atoms. The summed E-state index contributed by atoms with van der Waals surface area (Å²) in [7, 11) is 0. The van der Waals surface area contributed by atoms with Crippen LogP contribution in [0.4, 0.5) is 5.82 Å². The lowest BCUT2D eigenvalue weighted by Gasteiger charge is -2.20. The first kappa shape index (κ1) is 12.8. The molecule has 3 aromatic rings. The lowest BCUT2D eigenvalue weighted by Crippen LogP contribution is -2.20. The number of nitrogens with one attached hydrogen (secondary N) is 1. The van der Waals surface area contributed by atoms with Crippen molar-refractivity contribution < 1.29 is 0 Å². The molecule has 0 saturated carbocycles. The lowest BCUT2D eigenvalue weighted by atomic mass is 10.3. The normalized spacial score (nSPS) is 14.0. The Morgan fingerprint density at radius 2 is 2.24 bits per heavy atom. The van der Waals surface area contributed by atoms with E-state index in [-0.39, 0.29) is 0 Å². The van der Waals surface area contributed by atoms with Gasteiger partial charge in [-0.15, -0.1) is 0 Å². The van der Waals surface area contributed by atoms with Crippen LogP contribution in [0.3, 0.4) is 0 Å². The topological polar surface area (TPSA) is 47.7 Å². The Kier molecular flexibility index (Phi) is 2.94. The van der Waals surface area contributed by atoms with Gasteiger partial charge in [-0.2, -0.15) is 10.1 Å². The highest BCUT2D eigenvalue weighted by Gasteiger charge is 2.17. The fourth-order valence-electron chi connectivity index (χ4n) is 2.65. The van der Waals surface area contributed by atoms with Crippen LogP contribution in [0.1, 0.15) is 6.42 Å². The van der Waals surface area contributed by atoms with Crippen LogP contribution in [-0.2, 0) is 6.54 Å². The Bertz CT molecular complexity index is 898. The zero-order valence-electron chi connectivity index (χ0n) is 11.1. The zero-order chi connectivity index (χ0) is 14.4. The van der Waals surface area contributed by atoms with E-state index in [1.165, 1.54) is 0 Å². The van der Waals surface area contributed by atoms with E-state index in [4.69, 9.17) is 23.8 Å². The predicted octanol–water partition coefficient (Wildman–Crippen LogP) is 3.42. The van der Waals surface area contributed by atoms with Crippen molar-refractivity contribution in [3.8, 4) is 5.69 Å². The number of anilines is 1. The third-order valence-electron chi connectivity index (χ3n) is 3.61. The Morgan fingerprint density at radius 3 is 3.10 bits per heavy atom. The minimum absolute atomic E-state index is 0.577. The van der Waals surface area contributed by atoms with Crippen molar-refractivity contribution in [1.29, 1.82) is 0 Å². The molecular weight excluding hydrogens is 306 g/mol. The summed E-state index contributed by atoms with van der Waals surface area (Å²) < 4.78 is 4.38. The summed E-state index contributed by atoms with van der Waals surface area (Å²) in [5, 5.41) is 9.49. The summed E-state index contributed by atoms with van der Waals surface area (Å²) in [6, 6.07) is 7.54. The number of aromatic nitrogens is 4. The van der Waals surface area contributed by atoms with Crippen LogP contribution in [-0.4, -0.2) is 25.9 Å². The van der Waals surface area contributed by atoms with Gasteiger partial charge in [-0.1, -0.05) is 17.7 Å². The van der Waals surface area contributed by atoms with Gasteiger partial charge in [0.05, 0.1) is 17.3 Å². The Balaban J connectivity index is 2.01. The van der Waals surface area contributed by atoms with E-state index in [1.807, 2.05) is 35.0 Å². The Labute approximate surface area is 131 Å². The van der Waals surface area contributed by atoms with Gasteiger partial charge in [-0.25, -0.2) is 4.68 Å². The highest BCUT2D eigenvalue weighted by atomic mass is 35.5. The van der Waals surface area contributed by atoms with Crippen LogP contribution >= 0.6 is 23.8 Å². The average molecular weight is 318 g/mol. The standard InChI is InChI=1S/C14H12ClN5S/c15-9-3-1-4-10(7-9)20-13-11(8-17-20)12-16-5-2-6-19(12)14(21)18-13/h1,3-4,7-8,16H,2,5-6H2. The molecule has 3 heterocycles. The lowest BCUT2D eigenvalue weighted by molar-refractivity contribution is 0.612. The van der Waals surface area contributed by atoms with Gasteiger partial charge in [-0.3, -0.25) is 0 Å². The van der Waals surface area contributed by atoms with Gasteiger partial charge in [0.15, 0.2) is 5.65 Å². The van der Waals surface area contributed by atoms with Gasteiger partial charge in [0.1, 0.15) is 5.82 Å². The van der Waals surface area contributed by atoms with Crippen molar-refractivity contribution in [1.82, 2.24) is 19.3 Å². The van der Waals surface area contributed by atoms with E-state index in [0.29, 0.717) is 9.79 Å². The third-order valence-corrected chi connectivity index (χ3v) is 4.15. The summed E-state index contributed by atoms with van der Waals surface area (Å²) in [5.74, 6) is 1.00. The van der Waals surface area contributed by atoms with Crippen molar-refractivity contribution in [3.63, 3.8) is 0 Å².